The fourth-order valence-corrected chi connectivity index (χ4v) is 3.65. The number of carbonyl (C=O) groups excluding carboxylic acids is 1. The van der Waals surface area contributed by atoms with Crippen LogP contribution in [0.2, 0.25) is 0 Å². The fourth-order valence-electron chi connectivity index (χ4n) is 3.65. The molecule has 4 rings (SSSR count). The molecule has 1 saturated heterocycles. The van der Waals surface area contributed by atoms with Crippen LogP contribution in [0.1, 0.15) is 35.6 Å². The van der Waals surface area contributed by atoms with Gasteiger partial charge in [-0.15, -0.1) is 0 Å². The van der Waals surface area contributed by atoms with Crippen LogP contribution < -0.4 is 5.32 Å². The van der Waals surface area contributed by atoms with E-state index < -0.39 is 0 Å². The van der Waals surface area contributed by atoms with Crippen LogP contribution >= 0.6 is 0 Å². The molecule has 3 nitrogen and oxygen atoms in total. The summed E-state index contributed by atoms with van der Waals surface area (Å²) in [5.74, 6) is 6.81. The minimum Gasteiger partial charge on any atom is -0.324 e. The van der Waals surface area contributed by atoms with Crippen molar-refractivity contribution in [3.63, 3.8) is 0 Å². The zero-order valence-electron chi connectivity index (χ0n) is 13.8. The van der Waals surface area contributed by atoms with Gasteiger partial charge in [-0.2, -0.15) is 0 Å². The van der Waals surface area contributed by atoms with Gasteiger partial charge in [-0.1, -0.05) is 48.2 Å². The third kappa shape index (κ3) is 2.60. The van der Waals surface area contributed by atoms with Gasteiger partial charge in [0.1, 0.15) is 6.04 Å². The molecule has 1 N–H and O–H groups in total. The van der Waals surface area contributed by atoms with E-state index in [0.29, 0.717) is 0 Å². The van der Waals surface area contributed by atoms with Crippen molar-refractivity contribution in [2.45, 2.75) is 31.8 Å². The topological polar surface area (TPSA) is 32.3 Å². The second-order valence-corrected chi connectivity index (χ2v) is 6.46. The van der Waals surface area contributed by atoms with Gasteiger partial charge >= 0.3 is 0 Å². The molecule has 0 saturated carbocycles. The van der Waals surface area contributed by atoms with Crippen LogP contribution in [0.25, 0.3) is 0 Å². The summed E-state index contributed by atoms with van der Waals surface area (Å²) in [6, 6.07) is 16.1. The molecule has 24 heavy (non-hydrogen) atoms. The third-order valence-electron chi connectivity index (χ3n) is 4.91. The number of rotatable bonds is 1. The van der Waals surface area contributed by atoms with Gasteiger partial charge < -0.3 is 5.32 Å². The van der Waals surface area contributed by atoms with Gasteiger partial charge in [-0.3, -0.25) is 9.69 Å². The molecule has 2 aromatic carbocycles. The van der Waals surface area contributed by atoms with Crippen LogP contribution in [0.3, 0.4) is 0 Å². The predicted octanol–water partition coefficient (Wildman–Crippen LogP) is 3.50. The molecule has 1 fully saturated rings. The number of fused-ring (bicyclic) bond motifs is 1. The Labute approximate surface area is 142 Å². The van der Waals surface area contributed by atoms with Crippen molar-refractivity contribution in [3.8, 4) is 11.8 Å². The third-order valence-corrected chi connectivity index (χ3v) is 4.91. The monoisotopic (exact) mass is 316 g/mol. The molecular formula is C21H20N2O. The second-order valence-electron chi connectivity index (χ2n) is 6.46. The van der Waals surface area contributed by atoms with E-state index in [1.165, 1.54) is 5.56 Å². The first-order valence-corrected chi connectivity index (χ1v) is 8.47. The van der Waals surface area contributed by atoms with Gasteiger partial charge in [0, 0.05) is 23.4 Å². The number of carbonyl (C=O) groups is 1. The maximum Gasteiger partial charge on any atom is 0.246 e. The van der Waals surface area contributed by atoms with Crippen LogP contribution in [-0.4, -0.2) is 23.4 Å². The summed E-state index contributed by atoms with van der Waals surface area (Å²) in [6.45, 7) is 3.00. The van der Waals surface area contributed by atoms with Gasteiger partial charge in [0.25, 0.3) is 0 Å². The summed E-state index contributed by atoms with van der Waals surface area (Å²) in [5, 5.41) is 3.00. The Kier molecular flexibility index (Phi) is 3.84. The Morgan fingerprint density at radius 1 is 1.12 bits per heavy atom. The Balaban J connectivity index is 1.63. The van der Waals surface area contributed by atoms with Crippen LogP contribution in [0, 0.1) is 18.8 Å². The van der Waals surface area contributed by atoms with Crippen molar-refractivity contribution in [2.75, 3.05) is 11.9 Å². The van der Waals surface area contributed by atoms with E-state index in [9.17, 15) is 4.79 Å². The molecule has 2 aliphatic heterocycles. The number of nitrogens with one attached hydrogen (secondary N) is 1. The van der Waals surface area contributed by atoms with Crippen molar-refractivity contribution >= 4 is 11.6 Å². The number of likely N-dealkylation sites (tertiary alicyclic amines) is 1. The van der Waals surface area contributed by atoms with Crippen LogP contribution in [0.15, 0.2) is 48.5 Å². The summed E-state index contributed by atoms with van der Waals surface area (Å²) in [4.78, 5) is 14.7. The van der Waals surface area contributed by atoms with Gasteiger partial charge in [-0.25, -0.2) is 0 Å². The number of nitrogens with zero attached hydrogens (tertiary/aromatic N) is 1. The quantitative estimate of drug-likeness (QED) is 0.817. The Morgan fingerprint density at radius 2 is 1.92 bits per heavy atom. The maximum atomic E-state index is 12.5. The average Bonchev–Trinajstić information content (AvgIpc) is 3.16. The van der Waals surface area contributed by atoms with Crippen molar-refractivity contribution in [2.24, 2.45) is 0 Å². The highest BCUT2D eigenvalue weighted by Gasteiger charge is 2.39. The molecule has 0 bridgehead atoms. The highest BCUT2D eigenvalue weighted by Crippen LogP contribution is 2.38. The zero-order chi connectivity index (χ0) is 16.5. The van der Waals surface area contributed by atoms with Gasteiger partial charge in [0.2, 0.25) is 5.91 Å². The first-order chi connectivity index (χ1) is 11.7. The summed E-state index contributed by atoms with van der Waals surface area (Å²) in [7, 11) is 0. The van der Waals surface area contributed by atoms with E-state index in [1.54, 1.807) is 0 Å². The lowest BCUT2D eigenvalue weighted by atomic mass is 10.0. The largest absolute Gasteiger partial charge is 0.324 e. The molecule has 3 heteroatoms. The molecule has 1 amide bonds. The van der Waals surface area contributed by atoms with E-state index in [0.717, 1.165) is 36.2 Å². The van der Waals surface area contributed by atoms with E-state index in [2.05, 4.69) is 41.1 Å². The summed E-state index contributed by atoms with van der Waals surface area (Å²) < 4.78 is 0. The molecular weight excluding hydrogens is 296 g/mol. The highest BCUT2D eigenvalue weighted by atomic mass is 16.2. The normalized spacial score (nSPS) is 22.6. The van der Waals surface area contributed by atoms with E-state index >= 15 is 0 Å². The molecule has 120 valence electrons. The molecule has 2 aromatic rings. The summed E-state index contributed by atoms with van der Waals surface area (Å²) >= 11 is 0. The average molecular weight is 316 g/mol. The van der Waals surface area contributed by atoms with Gasteiger partial charge in [0.15, 0.2) is 0 Å². The minimum atomic E-state index is -0.208. The molecule has 0 aromatic heterocycles. The van der Waals surface area contributed by atoms with Crippen LogP contribution in [-0.2, 0) is 4.79 Å². The second kappa shape index (κ2) is 6.14. The molecule has 2 aliphatic rings. The smallest absolute Gasteiger partial charge is 0.246 e. The van der Waals surface area contributed by atoms with Crippen molar-refractivity contribution in [3.05, 3.63) is 65.2 Å². The lowest BCUT2D eigenvalue weighted by Crippen LogP contribution is -2.36. The summed E-state index contributed by atoms with van der Waals surface area (Å²) in [6.07, 6.45) is 2.10. The Hall–Kier alpha value is -2.57. The number of benzene rings is 2. The number of hydrogen-bond acceptors (Lipinski definition) is 2. The molecule has 2 atom stereocenters. The Bertz CT molecular complexity index is 846. The lowest BCUT2D eigenvalue weighted by molar-refractivity contribution is -0.120. The van der Waals surface area contributed by atoms with Crippen LogP contribution in [0.4, 0.5) is 5.69 Å². The standard InChI is InChI=1S/C21H20N2O/c1-15-7-2-3-8-16(15)12-13-17-9-6-14-23(17)20-18-10-4-5-11-19(18)22-21(20)24/h2-5,7-8,10-11,17,20H,6,9,14H2,1H3,(H,22,24). The number of anilines is 1. The summed E-state index contributed by atoms with van der Waals surface area (Å²) in [5.41, 5.74) is 4.27. The molecule has 0 spiro atoms. The number of amides is 1. The number of aryl methyl sites for hydroxylation is 1. The van der Waals surface area contributed by atoms with E-state index in [4.69, 9.17) is 0 Å². The van der Waals surface area contributed by atoms with E-state index in [1.807, 2.05) is 36.4 Å². The molecule has 0 aliphatic carbocycles. The SMILES string of the molecule is Cc1ccccc1C#CC1CCCN1C1C(=O)Nc2ccccc21. The highest BCUT2D eigenvalue weighted by molar-refractivity contribution is 6.02. The Morgan fingerprint density at radius 3 is 2.79 bits per heavy atom. The van der Waals surface area contributed by atoms with Crippen molar-refractivity contribution < 1.29 is 4.79 Å². The zero-order valence-corrected chi connectivity index (χ0v) is 13.8. The lowest BCUT2D eigenvalue weighted by Gasteiger charge is -2.26. The van der Waals surface area contributed by atoms with Crippen LogP contribution in [0.5, 0.6) is 0 Å². The molecule has 0 radical (unpaired) electrons. The molecule has 2 heterocycles. The maximum absolute atomic E-state index is 12.5. The predicted molar refractivity (Wildman–Crippen MR) is 95.6 cm³/mol. The van der Waals surface area contributed by atoms with Gasteiger partial charge in [0.05, 0.1) is 6.04 Å². The first kappa shape index (κ1) is 15.0. The van der Waals surface area contributed by atoms with Crippen molar-refractivity contribution in [1.29, 1.82) is 0 Å². The van der Waals surface area contributed by atoms with Gasteiger partial charge in [-0.05, 0) is 37.5 Å². The molecule has 2 unspecified atom stereocenters. The van der Waals surface area contributed by atoms with Crippen molar-refractivity contribution in [1.82, 2.24) is 4.90 Å². The number of para-hydroxylation sites is 1. The minimum absolute atomic E-state index is 0.0702. The number of hydrogen-bond donors (Lipinski definition) is 1. The van der Waals surface area contributed by atoms with E-state index in [-0.39, 0.29) is 18.0 Å². The fraction of sp³-hybridized carbons (Fsp3) is 0.286. The first-order valence-electron chi connectivity index (χ1n) is 8.47.